The normalized spacial score (nSPS) is 16.9. The molecule has 1 aliphatic carbocycles. The lowest BCUT2D eigenvalue weighted by atomic mass is 9.97. The number of nitrogens with zero attached hydrogens (tertiary/aromatic N) is 2. The zero-order valence-corrected chi connectivity index (χ0v) is 14.7. The molecule has 136 valence electrons. The number of pyridine rings is 1. The molecule has 2 heterocycles. The topological polar surface area (TPSA) is 68.7 Å². The van der Waals surface area contributed by atoms with E-state index in [0.29, 0.717) is 25.3 Å². The third-order valence-corrected chi connectivity index (χ3v) is 5.06. The third kappa shape index (κ3) is 3.23. The van der Waals surface area contributed by atoms with Crippen molar-refractivity contribution in [1.82, 2.24) is 9.88 Å². The molecule has 1 aromatic heterocycles. The fourth-order valence-corrected chi connectivity index (χ4v) is 3.73. The first-order valence-corrected chi connectivity index (χ1v) is 9.23. The summed E-state index contributed by atoms with van der Waals surface area (Å²) >= 11 is 0. The Morgan fingerprint density at radius 2 is 2.04 bits per heavy atom. The molecule has 26 heavy (non-hydrogen) atoms. The van der Waals surface area contributed by atoms with Gasteiger partial charge < -0.3 is 14.4 Å². The number of para-hydroxylation sites is 1. The Bertz CT molecular complexity index is 849. The highest BCUT2D eigenvalue weighted by Gasteiger charge is 2.24. The zero-order chi connectivity index (χ0) is 17.9. The minimum atomic E-state index is -0.343. The number of cyclic esters (lactones) is 1. The van der Waals surface area contributed by atoms with Gasteiger partial charge in [-0.25, -0.2) is 9.59 Å². The Hall–Kier alpha value is -2.63. The van der Waals surface area contributed by atoms with E-state index in [2.05, 4.69) is 0 Å². The lowest BCUT2D eigenvalue weighted by Gasteiger charge is -2.16. The van der Waals surface area contributed by atoms with Crippen LogP contribution in [0, 0.1) is 0 Å². The summed E-state index contributed by atoms with van der Waals surface area (Å²) in [6, 6.07) is 7.73. The van der Waals surface area contributed by atoms with Crippen molar-refractivity contribution in [3.8, 4) is 0 Å². The first-order chi connectivity index (χ1) is 12.7. The second-order valence-corrected chi connectivity index (χ2v) is 6.73. The fourth-order valence-electron chi connectivity index (χ4n) is 3.73. The monoisotopic (exact) mass is 354 g/mol. The summed E-state index contributed by atoms with van der Waals surface area (Å²) in [6.07, 6.45) is 4.73. The molecule has 1 amide bonds. The van der Waals surface area contributed by atoms with Crippen LogP contribution in [-0.2, 0) is 22.3 Å². The largest absolute Gasteiger partial charge is 0.460 e. The molecule has 1 aromatic carbocycles. The Morgan fingerprint density at radius 1 is 1.19 bits per heavy atom. The van der Waals surface area contributed by atoms with Crippen molar-refractivity contribution in [2.24, 2.45) is 0 Å². The SMILES string of the molecule is O=C(OCCN1CCOC1=O)c1c2c(nc3ccccc13)CCCCC2. The van der Waals surface area contributed by atoms with Gasteiger partial charge in [-0.15, -0.1) is 0 Å². The number of hydrogen-bond acceptors (Lipinski definition) is 5. The molecular weight excluding hydrogens is 332 g/mol. The summed E-state index contributed by atoms with van der Waals surface area (Å²) in [6.45, 7) is 1.47. The van der Waals surface area contributed by atoms with Crippen LogP contribution in [0.2, 0.25) is 0 Å². The molecule has 0 N–H and O–H groups in total. The molecule has 0 atom stereocenters. The predicted molar refractivity (Wildman–Crippen MR) is 96.2 cm³/mol. The standard InChI is InChI=1S/C20H22N2O4/c23-19(25-12-10-22-11-13-26-20(22)24)18-14-6-2-1-3-8-16(14)21-17-9-5-4-7-15(17)18/h4-5,7,9H,1-3,6,8,10-13H2. The third-order valence-electron chi connectivity index (χ3n) is 5.06. The van der Waals surface area contributed by atoms with Crippen molar-refractivity contribution in [2.45, 2.75) is 32.1 Å². The van der Waals surface area contributed by atoms with Crippen LogP contribution in [0.25, 0.3) is 10.9 Å². The van der Waals surface area contributed by atoms with Crippen LogP contribution in [0.15, 0.2) is 24.3 Å². The van der Waals surface area contributed by atoms with Crippen LogP contribution < -0.4 is 0 Å². The Kier molecular flexibility index (Phi) is 4.73. The van der Waals surface area contributed by atoms with E-state index >= 15 is 0 Å². The number of amides is 1. The summed E-state index contributed by atoms with van der Waals surface area (Å²) in [4.78, 5) is 30.7. The molecule has 0 radical (unpaired) electrons. The average Bonchev–Trinajstić information content (AvgIpc) is 2.91. The van der Waals surface area contributed by atoms with E-state index in [-0.39, 0.29) is 18.7 Å². The van der Waals surface area contributed by atoms with E-state index in [4.69, 9.17) is 14.5 Å². The van der Waals surface area contributed by atoms with Crippen LogP contribution >= 0.6 is 0 Å². The number of esters is 1. The second-order valence-electron chi connectivity index (χ2n) is 6.73. The molecule has 0 unspecified atom stereocenters. The maximum Gasteiger partial charge on any atom is 0.410 e. The number of aromatic nitrogens is 1. The number of hydrogen-bond donors (Lipinski definition) is 0. The second kappa shape index (κ2) is 7.32. The van der Waals surface area contributed by atoms with Crippen LogP contribution in [-0.4, -0.2) is 48.2 Å². The van der Waals surface area contributed by atoms with Crippen molar-refractivity contribution in [2.75, 3.05) is 26.3 Å². The van der Waals surface area contributed by atoms with Gasteiger partial charge in [0, 0.05) is 11.1 Å². The van der Waals surface area contributed by atoms with Crippen LogP contribution in [0.3, 0.4) is 0 Å². The molecule has 2 aromatic rings. The number of benzene rings is 1. The minimum absolute atomic E-state index is 0.166. The molecule has 6 nitrogen and oxygen atoms in total. The molecule has 2 aliphatic rings. The molecule has 4 rings (SSSR count). The van der Waals surface area contributed by atoms with Crippen molar-refractivity contribution in [3.63, 3.8) is 0 Å². The van der Waals surface area contributed by atoms with E-state index in [1.165, 1.54) is 0 Å². The Balaban J connectivity index is 1.60. The van der Waals surface area contributed by atoms with Gasteiger partial charge in [-0.2, -0.15) is 0 Å². The summed E-state index contributed by atoms with van der Waals surface area (Å²) in [5, 5.41) is 0.846. The highest BCUT2D eigenvalue weighted by Crippen LogP contribution is 2.29. The van der Waals surface area contributed by atoms with Gasteiger partial charge in [-0.1, -0.05) is 24.6 Å². The molecular formula is C20H22N2O4. The summed E-state index contributed by atoms with van der Waals surface area (Å²) in [5.74, 6) is -0.325. The van der Waals surface area contributed by atoms with E-state index in [0.717, 1.165) is 54.3 Å². The minimum Gasteiger partial charge on any atom is -0.460 e. The zero-order valence-electron chi connectivity index (χ0n) is 14.7. The number of carbonyl (C=O) groups excluding carboxylic acids is 2. The number of ether oxygens (including phenoxy) is 2. The van der Waals surface area contributed by atoms with Crippen molar-refractivity contribution >= 4 is 23.0 Å². The number of aryl methyl sites for hydroxylation is 1. The Morgan fingerprint density at radius 3 is 2.88 bits per heavy atom. The van der Waals surface area contributed by atoms with Crippen LogP contribution in [0.5, 0.6) is 0 Å². The summed E-state index contributed by atoms with van der Waals surface area (Å²) in [5.41, 5.74) is 3.54. The van der Waals surface area contributed by atoms with Crippen molar-refractivity contribution < 1.29 is 19.1 Å². The van der Waals surface area contributed by atoms with Gasteiger partial charge in [0.25, 0.3) is 0 Å². The summed E-state index contributed by atoms with van der Waals surface area (Å²) in [7, 11) is 0. The van der Waals surface area contributed by atoms with Gasteiger partial charge in [0.15, 0.2) is 0 Å². The van der Waals surface area contributed by atoms with E-state index in [9.17, 15) is 9.59 Å². The highest BCUT2D eigenvalue weighted by atomic mass is 16.6. The van der Waals surface area contributed by atoms with Crippen molar-refractivity contribution in [1.29, 1.82) is 0 Å². The number of fused-ring (bicyclic) bond motifs is 2. The van der Waals surface area contributed by atoms with Gasteiger partial charge in [-0.05, 0) is 37.3 Å². The molecule has 0 saturated carbocycles. The van der Waals surface area contributed by atoms with Gasteiger partial charge in [0.05, 0.1) is 24.2 Å². The van der Waals surface area contributed by atoms with Crippen LogP contribution in [0.1, 0.15) is 40.9 Å². The van der Waals surface area contributed by atoms with Gasteiger partial charge in [-0.3, -0.25) is 4.98 Å². The van der Waals surface area contributed by atoms with Gasteiger partial charge in [0.1, 0.15) is 13.2 Å². The quantitative estimate of drug-likeness (QED) is 0.623. The lowest BCUT2D eigenvalue weighted by molar-refractivity contribution is 0.0478. The molecule has 1 fully saturated rings. The van der Waals surface area contributed by atoms with E-state index in [1.54, 1.807) is 4.90 Å². The number of rotatable bonds is 4. The fraction of sp³-hybridized carbons (Fsp3) is 0.450. The molecule has 0 spiro atoms. The maximum atomic E-state index is 12.9. The first kappa shape index (κ1) is 16.8. The molecule has 1 aliphatic heterocycles. The Labute approximate surface area is 152 Å². The average molecular weight is 354 g/mol. The first-order valence-electron chi connectivity index (χ1n) is 9.23. The molecule has 0 bridgehead atoms. The van der Waals surface area contributed by atoms with E-state index in [1.807, 2.05) is 24.3 Å². The van der Waals surface area contributed by atoms with Crippen molar-refractivity contribution in [3.05, 3.63) is 41.1 Å². The summed E-state index contributed by atoms with van der Waals surface area (Å²) < 4.78 is 10.4. The predicted octanol–water partition coefficient (Wildman–Crippen LogP) is 3.11. The van der Waals surface area contributed by atoms with E-state index < -0.39 is 0 Å². The van der Waals surface area contributed by atoms with Gasteiger partial charge >= 0.3 is 12.1 Å². The smallest absolute Gasteiger partial charge is 0.410 e. The molecule has 1 saturated heterocycles. The molecule has 6 heteroatoms. The maximum absolute atomic E-state index is 12.9. The number of carbonyl (C=O) groups is 2. The van der Waals surface area contributed by atoms with Gasteiger partial charge in [0.2, 0.25) is 0 Å². The lowest BCUT2D eigenvalue weighted by Crippen LogP contribution is -2.29. The van der Waals surface area contributed by atoms with Crippen LogP contribution in [0.4, 0.5) is 4.79 Å². The highest BCUT2D eigenvalue weighted by molar-refractivity contribution is 6.05.